The van der Waals surface area contributed by atoms with Crippen molar-refractivity contribution in [2.24, 2.45) is 0 Å². The lowest BCUT2D eigenvalue weighted by atomic mass is 9.78. The molecule has 0 aromatic heterocycles. The van der Waals surface area contributed by atoms with Gasteiger partial charge in [0.1, 0.15) is 11.5 Å². The van der Waals surface area contributed by atoms with Gasteiger partial charge in [-0.2, -0.15) is 0 Å². The first-order valence-corrected chi connectivity index (χ1v) is 8.67. The summed E-state index contributed by atoms with van der Waals surface area (Å²) in [5.41, 5.74) is 2.86. The Hall–Kier alpha value is -1.67. The minimum absolute atomic E-state index is 0.0772. The SMILES string of the molecule is CC(C)(C)c1cc(CCl)cc(C(C)(C)C)c1O.Oc1ccccc1. The fraction of sp³-hybridized carbons (Fsp3) is 0.429. The molecule has 0 spiro atoms. The average Bonchev–Trinajstić information content (AvgIpc) is 2.46. The smallest absolute Gasteiger partial charge is 0.123 e. The van der Waals surface area contributed by atoms with Crippen molar-refractivity contribution < 1.29 is 10.2 Å². The van der Waals surface area contributed by atoms with Crippen LogP contribution in [0.5, 0.6) is 11.5 Å². The van der Waals surface area contributed by atoms with Crippen LogP contribution in [0.2, 0.25) is 0 Å². The van der Waals surface area contributed by atoms with Gasteiger partial charge in [0.05, 0.1) is 0 Å². The molecule has 0 atom stereocenters. The van der Waals surface area contributed by atoms with E-state index in [1.54, 1.807) is 24.3 Å². The van der Waals surface area contributed by atoms with Gasteiger partial charge in [0.25, 0.3) is 0 Å². The van der Waals surface area contributed by atoms with Crippen LogP contribution in [0.15, 0.2) is 42.5 Å². The van der Waals surface area contributed by atoms with Crippen LogP contribution in [0.25, 0.3) is 0 Å². The van der Waals surface area contributed by atoms with Crippen LogP contribution in [0.4, 0.5) is 0 Å². The van der Waals surface area contributed by atoms with Crippen LogP contribution in [-0.4, -0.2) is 10.2 Å². The molecule has 3 heteroatoms. The number of rotatable bonds is 1. The number of halogens is 1. The zero-order valence-electron chi connectivity index (χ0n) is 15.5. The van der Waals surface area contributed by atoms with Crippen molar-refractivity contribution in [1.82, 2.24) is 0 Å². The topological polar surface area (TPSA) is 40.5 Å². The Kier molecular flexibility index (Phi) is 6.74. The Morgan fingerprint density at radius 2 is 1.21 bits per heavy atom. The Morgan fingerprint density at radius 3 is 1.46 bits per heavy atom. The van der Waals surface area contributed by atoms with Crippen molar-refractivity contribution in [2.75, 3.05) is 0 Å². The molecule has 0 radical (unpaired) electrons. The summed E-state index contributed by atoms with van der Waals surface area (Å²) in [4.78, 5) is 0. The molecule has 2 N–H and O–H groups in total. The third kappa shape index (κ3) is 5.76. The Bertz CT molecular complexity index is 615. The van der Waals surface area contributed by atoms with E-state index in [9.17, 15) is 5.11 Å². The molecule has 2 nitrogen and oxygen atoms in total. The molecule has 0 fully saturated rings. The molecule has 0 aliphatic carbocycles. The molecule has 24 heavy (non-hydrogen) atoms. The molecule has 0 heterocycles. The van der Waals surface area contributed by atoms with Crippen LogP contribution < -0.4 is 0 Å². The highest BCUT2D eigenvalue weighted by molar-refractivity contribution is 6.17. The number of phenolic OH excluding ortho intramolecular Hbond substituents is 2. The highest BCUT2D eigenvalue weighted by Gasteiger charge is 2.26. The summed E-state index contributed by atoms with van der Waals surface area (Å²) in [5, 5.41) is 19.1. The van der Waals surface area contributed by atoms with E-state index in [1.807, 2.05) is 18.2 Å². The van der Waals surface area contributed by atoms with Gasteiger partial charge in [-0.3, -0.25) is 0 Å². The minimum atomic E-state index is -0.0772. The van der Waals surface area contributed by atoms with E-state index in [0.29, 0.717) is 17.4 Å². The third-order valence-electron chi connectivity index (χ3n) is 3.70. The van der Waals surface area contributed by atoms with E-state index in [1.165, 1.54) is 0 Å². The van der Waals surface area contributed by atoms with Crippen molar-refractivity contribution in [3.8, 4) is 11.5 Å². The maximum Gasteiger partial charge on any atom is 0.123 e. The molecule has 2 rings (SSSR count). The zero-order valence-corrected chi connectivity index (χ0v) is 16.3. The summed E-state index contributed by atoms with van der Waals surface area (Å²) in [5.74, 6) is 1.22. The Morgan fingerprint density at radius 1 is 0.792 bits per heavy atom. The summed E-state index contributed by atoms with van der Waals surface area (Å²) < 4.78 is 0. The number of aromatic hydroxyl groups is 2. The molecule has 0 bridgehead atoms. The number of hydrogen-bond donors (Lipinski definition) is 2. The second-order valence-electron chi connectivity index (χ2n) is 8.01. The van der Waals surface area contributed by atoms with Crippen molar-refractivity contribution in [1.29, 1.82) is 0 Å². The number of para-hydroxylation sites is 1. The molecule has 0 unspecified atom stereocenters. The zero-order chi connectivity index (χ0) is 18.5. The highest BCUT2D eigenvalue weighted by atomic mass is 35.5. The average molecular weight is 349 g/mol. The van der Waals surface area contributed by atoms with E-state index in [2.05, 4.69) is 41.5 Å². The lowest BCUT2D eigenvalue weighted by molar-refractivity contribution is 0.423. The third-order valence-corrected chi connectivity index (χ3v) is 4.00. The fourth-order valence-electron chi connectivity index (χ4n) is 2.34. The van der Waals surface area contributed by atoms with Gasteiger partial charge >= 0.3 is 0 Å². The standard InChI is InChI=1S/C15H23ClO.C6H6O/c1-14(2,3)11-7-10(9-16)8-12(13(11)17)15(4,5)6;7-6-4-2-1-3-5-6/h7-8,17H,9H2,1-6H3;1-5,7H. The van der Waals surface area contributed by atoms with Gasteiger partial charge in [0.2, 0.25) is 0 Å². The van der Waals surface area contributed by atoms with Crippen molar-refractivity contribution in [2.45, 2.75) is 58.3 Å². The quantitative estimate of drug-likeness (QED) is 0.609. The molecule has 0 amide bonds. The maximum atomic E-state index is 10.4. The molecule has 0 aliphatic rings. The van der Waals surface area contributed by atoms with E-state index >= 15 is 0 Å². The van der Waals surface area contributed by atoms with Crippen LogP contribution >= 0.6 is 11.6 Å². The van der Waals surface area contributed by atoms with Crippen LogP contribution in [0, 0.1) is 0 Å². The van der Waals surface area contributed by atoms with Gasteiger partial charge in [-0.05, 0) is 39.7 Å². The lowest BCUT2D eigenvalue weighted by Gasteiger charge is -2.28. The number of hydrogen-bond acceptors (Lipinski definition) is 2. The van der Waals surface area contributed by atoms with Crippen molar-refractivity contribution >= 4 is 11.6 Å². The van der Waals surface area contributed by atoms with Crippen LogP contribution in [0.1, 0.15) is 58.2 Å². The largest absolute Gasteiger partial charge is 0.508 e. The molecule has 2 aromatic rings. The summed E-state index contributed by atoms with van der Waals surface area (Å²) in [6.07, 6.45) is 0. The van der Waals surface area contributed by atoms with Gasteiger partial charge in [-0.25, -0.2) is 0 Å². The maximum absolute atomic E-state index is 10.4. The summed E-state index contributed by atoms with van der Waals surface area (Å²) in [7, 11) is 0. The molecule has 132 valence electrons. The van der Waals surface area contributed by atoms with E-state index < -0.39 is 0 Å². The molecular formula is C21H29ClO2. The molecule has 0 aliphatic heterocycles. The van der Waals surface area contributed by atoms with Crippen molar-refractivity contribution in [3.63, 3.8) is 0 Å². The second kappa shape index (κ2) is 7.94. The van der Waals surface area contributed by atoms with Crippen LogP contribution in [0.3, 0.4) is 0 Å². The van der Waals surface area contributed by atoms with Gasteiger partial charge in [-0.15, -0.1) is 11.6 Å². The van der Waals surface area contributed by atoms with Crippen molar-refractivity contribution in [3.05, 3.63) is 59.2 Å². The molecule has 0 saturated carbocycles. The first-order chi connectivity index (χ1) is 11.0. The fourth-order valence-corrected chi connectivity index (χ4v) is 2.50. The van der Waals surface area contributed by atoms with E-state index in [-0.39, 0.29) is 10.8 Å². The Balaban J connectivity index is 0.000000341. The lowest BCUT2D eigenvalue weighted by Crippen LogP contribution is -2.17. The van der Waals surface area contributed by atoms with Gasteiger partial charge < -0.3 is 10.2 Å². The number of alkyl halides is 1. The summed E-state index contributed by atoms with van der Waals surface area (Å²) in [6.45, 7) is 12.6. The first kappa shape index (κ1) is 20.4. The normalized spacial score (nSPS) is 11.6. The Labute approximate surface area is 151 Å². The van der Waals surface area contributed by atoms with Gasteiger partial charge in [0, 0.05) is 5.88 Å². The van der Waals surface area contributed by atoms with Gasteiger partial charge in [-0.1, -0.05) is 71.9 Å². The molecule has 0 saturated heterocycles. The minimum Gasteiger partial charge on any atom is -0.508 e. The monoisotopic (exact) mass is 348 g/mol. The summed E-state index contributed by atoms with van der Waals surface area (Å²) in [6, 6.07) is 12.7. The number of phenols is 2. The number of benzene rings is 2. The highest BCUT2D eigenvalue weighted by Crippen LogP contribution is 2.39. The first-order valence-electron chi connectivity index (χ1n) is 8.13. The van der Waals surface area contributed by atoms with Crippen LogP contribution in [-0.2, 0) is 16.7 Å². The molecule has 2 aromatic carbocycles. The second-order valence-corrected chi connectivity index (χ2v) is 8.28. The molecular weight excluding hydrogens is 320 g/mol. The van der Waals surface area contributed by atoms with E-state index in [0.717, 1.165) is 16.7 Å². The predicted molar refractivity (Wildman–Crippen MR) is 103 cm³/mol. The predicted octanol–water partition coefficient (Wildman–Crippen LogP) is 6.12. The van der Waals surface area contributed by atoms with Gasteiger partial charge in [0.15, 0.2) is 0 Å². The van der Waals surface area contributed by atoms with E-state index in [4.69, 9.17) is 16.7 Å². The summed E-state index contributed by atoms with van der Waals surface area (Å²) >= 11 is 5.94.